The average molecular weight is 240 g/mol. The van der Waals surface area contributed by atoms with E-state index in [1.54, 1.807) is 0 Å². The van der Waals surface area contributed by atoms with Gasteiger partial charge in [0.15, 0.2) is 0 Å². The zero-order chi connectivity index (χ0) is 12.9. The highest BCUT2D eigenvalue weighted by atomic mass is 19.4. The van der Waals surface area contributed by atoms with Crippen molar-refractivity contribution in [1.29, 1.82) is 0 Å². The van der Waals surface area contributed by atoms with Crippen LogP contribution < -0.4 is 5.73 Å². The number of hydrogen-bond acceptors (Lipinski definition) is 2. The second kappa shape index (κ2) is 5.14. The molecule has 1 rings (SSSR count). The lowest BCUT2D eigenvalue weighted by Gasteiger charge is -2.07. The SMILES string of the molecule is [N-]=[N+]=NCC#Cc1ccc(C(F)(F)F)cc1N. The minimum Gasteiger partial charge on any atom is -0.398 e. The Bertz CT molecular complexity index is 519. The number of rotatable bonds is 1. The Labute approximate surface area is 94.9 Å². The molecule has 17 heavy (non-hydrogen) atoms. The number of azide groups is 1. The smallest absolute Gasteiger partial charge is 0.398 e. The first-order valence-electron chi connectivity index (χ1n) is 4.41. The zero-order valence-corrected chi connectivity index (χ0v) is 8.49. The number of hydrogen-bond donors (Lipinski definition) is 1. The number of halogens is 3. The first-order chi connectivity index (χ1) is 7.95. The molecule has 2 N–H and O–H groups in total. The summed E-state index contributed by atoms with van der Waals surface area (Å²) in [7, 11) is 0. The van der Waals surface area contributed by atoms with Crippen LogP contribution in [-0.2, 0) is 6.18 Å². The van der Waals surface area contributed by atoms with E-state index >= 15 is 0 Å². The third-order valence-corrected chi connectivity index (χ3v) is 1.81. The highest BCUT2D eigenvalue weighted by Crippen LogP contribution is 2.31. The van der Waals surface area contributed by atoms with Gasteiger partial charge in [-0.2, -0.15) is 13.2 Å². The van der Waals surface area contributed by atoms with E-state index in [1.165, 1.54) is 6.07 Å². The molecule has 4 nitrogen and oxygen atoms in total. The van der Waals surface area contributed by atoms with Gasteiger partial charge in [-0.1, -0.05) is 17.0 Å². The van der Waals surface area contributed by atoms with Gasteiger partial charge in [-0.15, -0.1) is 0 Å². The van der Waals surface area contributed by atoms with Gasteiger partial charge in [-0.25, -0.2) is 0 Å². The molecule has 7 heteroatoms. The van der Waals surface area contributed by atoms with Gasteiger partial charge >= 0.3 is 6.18 Å². The van der Waals surface area contributed by atoms with Crippen LogP contribution in [0.4, 0.5) is 18.9 Å². The molecule has 0 aliphatic carbocycles. The van der Waals surface area contributed by atoms with Crippen LogP contribution in [0.1, 0.15) is 11.1 Å². The van der Waals surface area contributed by atoms with E-state index in [4.69, 9.17) is 11.3 Å². The molecule has 0 aliphatic rings. The molecule has 0 heterocycles. The third kappa shape index (κ3) is 3.63. The predicted molar refractivity (Wildman–Crippen MR) is 56.7 cm³/mol. The van der Waals surface area contributed by atoms with Crippen molar-refractivity contribution in [1.82, 2.24) is 0 Å². The Morgan fingerprint density at radius 1 is 1.41 bits per heavy atom. The Kier molecular flexibility index (Phi) is 3.86. The second-order valence-corrected chi connectivity index (χ2v) is 2.99. The minimum absolute atomic E-state index is 0.0586. The van der Waals surface area contributed by atoms with Crippen LogP contribution in [-0.4, -0.2) is 6.54 Å². The first-order valence-corrected chi connectivity index (χ1v) is 4.41. The molecule has 0 radical (unpaired) electrons. The lowest BCUT2D eigenvalue weighted by molar-refractivity contribution is -0.137. The van der Waals surface area contributed by atoms with Crippen molar-refractivity contribution in [3.8, 4) is 11.8 Å². The normalized spacial score (nSPS) is 10.1. The fourth-order valence-electron chi connectivity index (χ4n) is 1.05. The lowest BCUT2D eigenvalue weighted by atomic mass is 10.1. The van der Waals surface area contributed by atoms with Gasteiger partial charge in [0.25, 0.3) is 0 Å². The molecule has 0 fully saturated rings. The summed E-state index contributed by atoms with van der Waals surface area (Å²) >= 11 is 0. The lowest BCUT2D eigenvalue weighted by Crippen LogP contribution is -2.06. The van der Waals surface area contributed by atoms with E-state index in [2.05, 4.69) is 21.9 Å². The number of anilines is 1. The molecular weight excluding hydrogens is 233 g/mol. The molecule has 0 spiro atoms. The summed E-state index contributed by atoms with van der Waals surface area (Å²) < 4.78 is 36.9. The molecule has 0 saturated carbocycles. The van der Waals surface area contributed by atoms with Crippen molar-refractivity contribution >= 4 is 5.69 Å². The number of nitrogen functional groups attached to an aromatic ring is 1. The Balaban J connectivity index is 2.97. The molecule has 0 amide bonds. The van der Waals surface area contributed by atoms with Gasteiger partial charge in [-0.05, 0) is 23.7 Å². The Morgan fingerprint density at radius 3 is 2.65 bits per heavy atom. The summed E-state index contributed by atoms with van der Waals surface area (Å²) in [6.45, 7) is -0.0586. The van der Waals surface area contributed by atoms with Crippen molar-refractivity contribution in [2.75, 3.05) is 12.3 Å². The fourth-order valence-corrected chi connectivity index (χ4v) is 1.05. The van der Waals surface area contributed by atoms with Crippen LogP contribution in [0.3, 0.4) is 0 Å². The van der Waals surface area contributed by atoms with Crippen LogP contribution in [0.15, 0.2) is 23.3 Å². The number of benzene rings is 1. The topological polar surface area (TPSA) is 74.8 Å². The molecule has 0 aliphatic heterocycles. The fraction of sp³-hybridized carbons (Fsp3) is 0.200. The maximum atomic E-state index is 12.3. The van der Waals surface area contributed by atoms with E-state index in [0.29, 0.717) is 0 Å². The third-order valence-electron chi connectivity index (χ3n) is 1.81. The van der Waals surface area contributed by atoms with Gasteiger partial charge in [0, 0.05) is 16.2 Å². The largest absolute Gasteiger partial charge is 0.416 e. The van der Waals surface area contributed by atoms with Crippen molar-refractivity contribution < 1.29 is 13.2 Å². The minimum atomic E-state index is -4.43. The maximum absolute atomic E-state index is 12.3. The van der Waals surface area contributed by atoms with E-state index in [-0.39, 0.29) is 17.8 Å². The zero-order valence-electron chi connectivity index (χ0n) is 8.49. The van der Waals surface area contributed by atoms with Crippen molar-refractivity contribution in [2.24, 2.45) is 5.11 Å². The molecule has 0 saturated heterocycles. The standard InChI is InChI=1S/C10H7F3N4/c11-10(12,13)8-4-3-7(9(14)6-8)2-1-5-16-17-15/h3-4,6H,5,14H2. The molecule has 1 aromatic carbocycles. The Hall–Kier alpha value is -2.32. The van der Waals surface area contributed by atoms with Gasteiger partial charge in [0.2, 0.25) is 0 Å². The summed E-state index contributed by atoms with van der Waals surface area (Å²) in [5.41, 5.74) is 12.8. The second-order valence-electron chi connectivity index (χ2n) is 2.99. The van der Waals surface area contributed by atoms with Crippen LogP contribution in [0.5, 0.6) is 0 Å². The molecule has 0 aromatic heterocycles. The van der Waals surface area contributed by atoms with Crippen LogP contribution in [0.2, 0.25) is 0 Å². The van der Waals surface area contributed by atoms with Crippen molar-refractivity contribution in [3.05, 3.63) is 39.8 Å². The summed E-state index contributed by atoms with van der Waals surface area (Å²) in [6.07, 6.45) is -4.43. The van der Waals surface area contributed by atoms with E-state index < -0.39 is 11.7 Å². The predicted octanol–water partition coefficient (Wildman–Crippen LogP) is 2.95. The Morgan fingerprint density at radius 2 is 2.12 bits per heavy atom. The van der Waals surface area contributed by atoms with Gasteiger partial charge in [-0.3, -0.25) is 0 Å². The monoisotopic (exact) mass is 240 g/mol. The van der Waals surface area contributed by atoms with Crippen molar-refractivity contribution in [3.63, 3.8) is 0 Å². The van der Waals surface area contributed by atoms with Crippen LogP contribution in [0, 0.1) is 11.8 Å². The van der Waals surface area contributed by atoms with Crippen LogP contribution in [0.25, 0.3) is 10.4 Å². The summed E-state index contributed by atoms with van der Waals surface area (Å²) in [5.74, 6) is 4.99. The average Bonchev–Trinajstić information content (AvgIpc) is 2.24. The molecular formula is C10H7F3N4. The summed E-state index contributed by atoms with van der Waals surface area (Å²) in [6, 6.07) is 2.90. The molecule has 0 unspecified atom stereocenters. The van der Waals surface area contributed by atoms with Gasteiger partial charge in [0.05, 0.1) is 12.1 Å². The molecule has 88 valence electrons. The first kappa shape index (κ1) is 12.7. The van der Waals surface area contributed by atoms with Gasteiger partial charge in [0.1, 0.15) is 0 Å². The summed E-state index contributed by atoms with van der Waals surface area (Å²) in [4.78, 5) is 2.48. The quantitative estimate of drug-likeness (QED) is 0.264. The maximum Gasteiger partial charge on any atom is 0.416 e. The number of alkyl halides is 3. The summed E-state index contributed by atoms with van der Waals surface area (Å²) in [5, 5.41) is 3.16. The highest BCUT2D eigenvalue weighted by molar-refractivity contribution is 5.57. The number of nitrogens with zero attached hydrogens (tertiary/aromatic N) is 3. The van der Waals surface area contributed by atoms with Crippen LogP contribution >= 0.6 is 0 Å². The molecule has 0 atom stereocenters. The highest BCUT2D eigenvalue weighted by Gasteiger charge is 2.30. The van der Waals surface area contributed by atoms with Crippen molar-refractivity contribution in [2.45, 2.75) is 6.18 Å². The van der Waals surface area contributed by atoms with E-state index in [9.17, 15) is 13.2 Å². The van der Waals surface area contributed by atoms with Gasteiger partial charge < -0.3 is 5.73 Å². The van der Waals surface area contributed by atoms with E-state index in [0.717, 1.165) is 12.1 Å². The molecule has 0 bridgehead atoms. The number of nitrogens with two attached hydrogens (primary N) is 1. The van der Waals surface area contributed by atoms with E-state index in [1.807, 2.05) is 0 Å². The molecule has 1 aromatic rings.